The van der Waals surface area contributed by atoms with E-state index in [9.17, 15) is 0 Å². The van der Waals surface area contributed by atoms with Crippen LogP contribution in [0.3, 0.4) is 0 Å². The minimum atomic E-state index is 0. The lowest BCUT2D eigenvalue weighted by atomic mass is 9.97. The molecule has 28 heavy (non-hydrogen) atoms. The summed E-state index contributed by atoms with van der Waals surface area (Å²) in [5.41, 5.74) is 1.20. The molecule has 7 heteroatoms. The van der Waals surface area contributed by atoms with Gasteiger partial charge in [-0.1, -0.05) is 17.7 Å². The highest BCUT2D eigenvalue weighted by molar-refractivity contribution is 14.0. The maximum Gasteiger partial charge on any atom is 0.191 e. The van der Waals surface area contributed by atoms with Gasteiger partial charge in [-0.15, -0.1) is 24.0 Å². The Labute approximate surface area is 192 Å². The lowest BCUT2D eigenvalue weighted by molar-refractivity contribution is 0.141. The van der Waals surface area contributed by atoms with E-state index in [1.807, 2.05) is 25.2 Å². The van der Waals surface area contributed by atoms with E-state index in [1.165, 1.54) is 31.6 Å². The van der Waals surface area contributed by atoms with E-state index in [4.69, 9.17) is 11.6 Å². The molecule has 3 rings (SSSR count). The third kappa shape index (κ3) is 6.66. The molecule has 0 radical (unpaired) electrons. The molecule has 1 aromatic carbocycles. The zero-order valence-electron chi connectivity index (χ0n) is 17.3. The van der Waals surface area contributed by atoms with Crippen molar-refractivity contribution in [3.05, 3.63) is 29.3 Å². The third-order valence-electron chi connectivity index (χ3n) is 5.76. The quantitative estimate of drug-likeness (QED) is 0.353. The molecule has 0 amide bonds. The highest BCUT2D eigenvalue weighted by Crippen LogP contribution is 2.23. The van der Waals surface area contributed by atoms with Gasteiger partial charge in [0.05, 0.1) is 0 Å². The standard InChI is InChI=1S/C21H34ClN5.HI/c1-16(2)26-10-5-6-17(14-26)13-24-21(23-3)25-19-9-11-27(15-19)20-8-4-7-18(22)12-20;/h4,7-8,12,16-17,19H,5-6,9-11,13-15H2,1-3H3,(H2,23,24,25);1H. The largest absolute Gasteiger partial charge is 0.369 e. The van der Waals surface area contributed by atoms with Crippen LogP contribution in [0.4, 0.5) is 5.69 Å². The Morgan fingerprint density at radius 2 is 2.07 bits per heavy atom. The number of guanidine groups is 1. The fraction of sp³-hybridized carbons (Fsp3) is 0.667. The van der Waals surface area contributed by atoms with Gasteiger partial charge < -0.3 is 20.4 Å². The molecule has 2 atom stereocenters. The van der Waals surface area contributed by atoms with Crippen molar-refractivity contribution >= 4 is 47.2 Å². The van der Waals surface area contributed by atoms with E-state index in [0.29, 0.717) is 18.0 Å². The van der Waals surface area contributed by atoms with Crippen LogP contribution in [-0.4, -0.2) is 62.7 Å². The van der Waals surface area contributed by atoms with Gasteiger partial charge in [0.15, 0.2) is 5.96 Å². The number of nitrogens with zero attached hydrogens (tertiary/aromatic N) is 3. The van der Waals surface area contributed by atoms with Crippen molar-refractivity contribution in [1.29, 1.82) is 0 Å². The minimum Gasteiger partial charge on any atom is -0.369 e. The Morgan fingerprint density at radius 3 is 2.79 bits per heavy atom. The average Bonchev–Trinajstić information content (AvgIpc) is 3.14. The first-order chi connectivity index (χ1) is 13.0. The Morgan fingerprint density at radius 1 is 1.25 bits per heavy atom. The summed E-state index contributed by atoms with van der Waals surface area (Å²) in [4.78, 5) is 9.42. The van der Waals surface area contributed by atoms with E-state index < -0.39 is 0 Å². The van der Waals surface area contributed by atoms with Crippen LogP contribution in [-0.2, 0) is 0 Å². The third-order valence-corrected chi connectivity index (χ3v) is 6.00. The SMILES string of the molecule is CN=C(NCC1CCCN(C(C)C)C1)NC1CCN(c2cccc(Cl)c2)C1.I. The second-order valence-electron chi connectivity index (χ2n) is 8.11. The number of piperidine rings is 1. The van der Waals surface area contributed by atoms with Gasteiger partial charge in [0, 0.05) is 56.0 Å². The first-order valence-corrected chi connectivity index (χ1v) is 10.6. The van der Waals surface area contributed by atoms with E-state index in [1.54, 1.807) is 0 Å². The first kappa shape index (κ1) is 23.5. The summed E-state index contributed by atoms with van der Waals surface area (Å²) in [5.74, 6) is 1.63. The van der Waals surface area contributed by atoms with Crippen molar-refractivity contribution in [1.82, 2.24) is 15.5 Å². The monoisotopic (exact) mass is 519 g/mol. The number of benzene rings is 1. The molecule has 158 valence electrons. The molecule has 5 nitrogen and oxygen atoms in total. The Hall–Kier alpha value is -0.730. The predicted octanol–water partition coefficient (Wildman–Crippen LogP) is 3.82. The van der Waals surface area contributed by atoms with Gasteiger partial charge in [-0.05, 0) is 63.8 Å². The van der Waals surface area contributed by atoms with Gasteiger partial charge in [-0.3, -0.25) is 4.99 Å². The smallest absolute Gasteiger partial charge is 0.191 e. The van der Waals surface area contributed by atoms with Crippen LogP contribution in [0.2, 0.25) is 5.02 Å². The van der Waals surface area contributed by atoms with Crippen molar-refractivity contribution in [3.8, 4) is 0 Å². The van der Waals surface area contributed by atoms with Crippen LogP contribution >= 0.6 is 35.6 Å². The molecule has 0 bridgehead atoms. The number of hydrogen-bond acceptors (Lipinski definition) is 3. The number of halogens is 2. The Bertz CT molecular complexity index is 639. The molecule has 2 heterocycles. The van der Waals surface area contributed by atoms with E-state index in [0.717, 1.165) is 37.0 Å². The molecule has 2 fully saturated rings. The summed E-state index contributed by atoms with van der Waals surface area (Å²) < 4.78 is 0. The summed E-state index contributed by atoms with van der Waals surface area (Å²) in [6.07, 6.45) is 3.71. The van der Waals surface area contributed by atoms with Crippen LogP contribution in [0.15, 0.2) is 29.3 Å². The topological polar surface area (TPSA) is 42.9 Å². The van der Waals surface area contributed by atoms with E-state index >= 15 is 0 Å². The molecule has 0 aromatic heterocycles. The number of rotatable bonds is 5. The second-order valence-corrected chi connectivity index (χ2v) is 8.54. The zero-order chi connectivity index (χ0) is 19.2. The van der Waals surface area contributed by atoms with Gasteiger partial charge in [-0.2, -0.15) is 0 Å². The van der Waals surface area contributed by atoms with Crippen molar-refractivity contribution in [2.75, 3.05) is 44.7 Å². The predicted molar refractivity (Wildman–Crippen MR) is 131 cm³/mol. The van der Waals surface area contributed by atoms with Crippen molar-refractivity contribution < 1.29 is 0 Å². The normalized spacial score (nSPS) is 23.6. The second kappa shape index (κ2) is 11.5. The van der Waals surface area contributed by atoms with Crippen molar-refractivity contribution in [2.45, 2.75) is 45.2 Å². The van der Waals surface area contributed by atoms with Crippen LogP contribution in [0, 0.1) is 5.92 Å². The molecular formula is C21H35ClIN5. The molecular weight excluding hydrogens is 485 g/mol. The summed E-state index contributed by atoms with van der Waals surface area (Å²) >= 11 is 6.14. The van der Waals surface area contributed by atoms with Gasteiger partial charge in [0.25, 0.3) is 0 Å². The number of nitrogens with one attached hydrogen (secondary N) is 2. The number of aliphatic imine (C=N–C) groups is 1. The summed E-state index contributed by atoms with van der Waals surface area (Å²) in [5, 5.41) is 7.96. The maximum absolute atomic E-state index is 6.14. The maximum atomic E-state index is 6.14. The lowest BCUT2D eigenvalue weighted by Gasteiger charge is -2.35. The van der Waals surface area contributed by atoms with Crippen LogP contribution < -0.4 is 15.5 Å². The molecule has 2 aliphatic rings. The lowest BCUT2D eigenvalue weighted by Crippen LogP contribution is -2.48. The molecule has 2 saturated heterocycles. The fourth-order valence-electron chi connectivity index (χ4n) is 4.15. The van der Waals surface area contributed by atoms with Crippen LogP contribution in [0.1, 0.15) is 33.1 Å². The molecule has 0 spiro atoms. The Kier molecular flexibility index (Phi) is 9.63. The highest BCUT2D eigenvalue weighted by atomic mass is 127. The summed E-state index contributed by atoms with van der Waals surface area (Å²) in [6, 6.07) is 9.17. The number of hydrogen-bond donors (Lipinski definition) is 2. The van der Waals surface area contributed by atoms with Gasteiger partial charge in [0.2, 0.25) is 0 Å². The van der Waals surface area contributed by atoms with Crippen molar-refractivity contribution in [3.63, 3.8) is 0 Å². The zero-order valence-corrected chi connectivity index (χ0v) is 20.4. The average molecular weight is 520 g/mol. The molecule has 2 unspecified atom stereocenters. The van der Waals surface area contributed by atoms with Gasteiger partial charge >= 0.3 is 0 Å². The highest BCUT2D eigenvalue weighted by Gasteiger charge is 2.25. The van der Waals surface area contributed by atoms with Crippen molar-refractivity contribution in [2.24, 2.45) is 10.9 Å². The van der Waals surface area contributed by atoms with Crippen LogP contribution in [0.25, 0.3) is 0 Å². The van der Waals surface area contributed by atoms with Gasteiger partial charge in [-0.25, -0.2) is 0 Å². The minimum absolute atomic E-state index is 0. The van der Waals surface area contributed by atoms with E-state index in [-0.39, 0.29) is 24.0 Å². The first-order valence-electron chi connectivity index (χ1n) is 10.3. The van der Waals surface area contributed by atoms with Crippen LogP contribution in [0.5, 0.6) is 0 Å². The summed E-state index contributed by atoms with van der Waals surface area (Å²) in [6.45, 7) is 10.0. The number of likely N-dealkylation sites (tertiary alicyclic amines) is 1. The fourth-order valence-corrected chi connectivity index (χ4v) is 4.33. The summed E-state index contributed by atoms with van der Waals surface area (Å²) in [7, 11) is 1.86. The Balaban J connectivity index is 0.00000280. The molecule has 1 aromatic rings. The molecule has 0 saturated carbocycles. The number of anilines is 1. The molecule has 2 aliphatic heterocycles. The van der Waals surface area contributed by atoms with E-state index in [2.05, 4.69) is 45.3 Å². The van der Waals surface area contributed by atoms with Gasteiger partial charge in [0.1, 0.15) is 0 Å². The molecule has 0 aliphatic carbocycles. The molecule has 2 N–H and O–H groups in total.